The van der Waals surface area contributed by atoms with Gasteiger partial charge >= 0.3 is 0 Å². The Balaban J connectivity index is 4.37. The molecule has 0 aliphatic heterocycles. The number of nitrogens with zero attached hydrogens (tertiary/aromatic N) is 1. The first kappa shape index (κ1) is 49.4. The van der Waals surface area contributed by atoms with Crippen LogP contribution in [0.15, 0.2) is 5.16 Å². The lowest BCUT2D eigenvalue weighted by Crippen LogP contribution is -2.30. The summed E-state index contributed by atoms with van der Waals surface area (Å²) in [5.41, 5.74) is 0.768. The summed E-state index contributed by atoms with van der Waals surface area (Å²) in [5.74, 6) is 0. The van der Waals surface area contributed by atoms with Crippen LogP contribution in [0.5, 0.6) is 0 Å². The van der Waals surface area contributed by atoms with E-state index in [1.165, 1.54) is 180 Å². The summed E-state index contributed by atoms with van der Waals surface area (Å²) in [5, 5.41) is 4.67. The zero-order valence-electron chi connectivity index (χ0n) is 35.8. The van der Waals surface area contributed by atoms with E-state index in [0.29, 0.717) is 6.61 Å². The van der Waals surface area contributed by atoms with E-state index in [0.717, 1.165) is 37.8 Å². The maximum atomic E-state index is 6.27. The first-order valence-electron chi connectivity index (χ1n) is 22.5. The summed E-state index contributed by atoms with van der Waals surface area (Å²) in [6.45, 7) is 16.1. The van der Waals surface area contributed by atoms with Crippen LogP contribution < -0.4 is 0 Å². The van der Waals surface area contributed by atoms with Crippen molar-refractivity contribution in [3.8, 4) is 0 Å². The van der Waals surface area contributed by atoms with Gasteiger partial charge in [0.05, 0.1) is 23.5 Å². The zero-order chi connectivity index (χ0) is 37.0. The van der Waals surface area contributed by atoms with Gasteiger partial charge in [0.2, 0.25) is 0 Å². The normalized spacial score (nSPS) is 12.8. The van der Waals surface area contributed by atoms with Gasteiger partial charge in [0.25, 0.3) is 0 Å². The van der Waals surface area contributed by atoms with Gasteiger partial charge in [0.15, 0.2) is 0 Å². The van der Waals surface area contributed by atoms with E-state index >= 15 is 0 Å². The molecule has 0 aromatic carbocycles. The quantitative estimate of drug-likeness (QED) is 0.0362. The third-order valence-corrected chi connectivity index (χ3v) is 11.0. The molecule has 0 N–H and O–H groups in total. The van der Waals surface area contributed by atoms with Crippen molar-refractivity contribution in [2.75, 3.05) is 13.7 Å². The maximum Gasteiger partial charge on any atom is 0.127 e. The van der Waals surface area contributed by atoms with Crippen molar-refractivity contribution in [1.82, 2.24) is 0 Å². The molecule has 0 spiro atoms. The lowest BCUT2D eigenvalue weighted by atomic mass is 10.00. The fraction of sp³-hybridized carbons (Fsp3) is 0.978. The Morgan fingerprint density at radius 2 is 0.820 bits per heavy atom. The van der Waals surface area contributed by atoms with Crippen molar-refractivity contribution in [2.24, 2.45) is 5.16 Å². The molecule has 0 aromatic rings. The average Bonchev–Trinajstić information content (AvgIpc) is 3.09. The summed E-state index contributed by atoms with van der Waals surface area (Å²) in [6, 6.07) is 0. The van der Waals surface area contributed by atoms with Crippen LogP contribution in [-0.2, 0) is 14.3 Å². The molecule has 0 fully saturated rings. The first-order chi connectivity index (χ1) is 24.2. The minimum absolute atomic E-state index is 0.143. The van der Waals surface area contributed by atoms with E-state index in [1.807, 2.05) is 0 Å². The zero-order valence-corrected chi connectivity index (χ0v) is 35.8. The predicted octanol–water partition coefficient (Wildman–Crippen LogP) is 15.9. The van der Waals surface area contributed by atoms with Crippen molar-refractivity contribution in [3.05, 3.63) is 0 Å². The highest BCUT2D eigenvalue weighted by Crippen LogP contribution is 2.22. The predicted molar refractivity (Wildman–Crippen MR) is 223 cm³/mol. The van der Waals surface area contributed by atoms with Crippen LogP contribution in [0, 0.1) is 0 Å². The number of unbranched alkanes of at least 4 members (excludes halogenated alkanes) is 26. The van der Waals surface area contributed by atoms with E-state index in [2.05, 4.69) is 53.6 Å². The van der Waals surface area contributed by atoms with E-state index in [-0.39, 0.29) is 17.3 Å². The standard InChI is InChI=1S/C46H93NO3/c1-9-11-13-15-17-19-21-23-25-27-29-31-33-35-37-44(38-36-34-32-30-28-26-24-22-20-18-16-14-12-10-2)50-47-43(3)39-40-46(6,7)49-42-41-45(4,5)48-8/h44H,9-42H2,1-8H3. The van der Waals surface area contributed by atoms with Crippen LogP contribution in [0.2, 0.25) is 0 Å². The highest BCUT2D eigenvalue weighted by atomic mass is 16.6. The molecule has 0 aliphatic rings. The van der Waals surface area contributed by atoms with Gasteiger partial charge in [-0.1, -0.05) is 186 Å². The van der Waals surface area contributed by atoms with Crippen LogP contribution in [0.4, 0.5) is 0 Å². The first-order valence-corrected chi connectivity index (χ1v) is 22.5. The fourth-order valence-electron chi connectivity index (χ4n) is 6.82. The van der Waals surface area contributed by atoms with Crippen LogP contribution in [-0.4, -0.2) is 36.7 Å². The smallest absolute Gasteiger partial charge is 0.127 e. The molecule has 0 aliphatic carbocycles. The lowest BCUT2D eigenvalue weighted by molar-refractivity contribution is -0.0604. The maximum absolute atomic E-state index is 6.27. The number of hydrogen-bond donors (Lipinski definition) is 0. The van der Waals surface area contributed by atoms with Crippen molar-refractivity contribution < 1.29 is 14.3 Å². The van der Waals surface area contributed by atoms with Gasteiger partial charge in [-0.2, -0.15) is 0 Å². The van der Waals surface area contributed by atoms with Crippen LogP contribution in [0.25, 0.3) is 0 Å². The summed E-state index contributed by atoms with van der Waals surface area (Å²) in [7, 11) is 1.77. The molecule has 0 bridgehead atoms. The molecule has 50 heavy (non-hydrogen) atoms. The highest BCUT2D eigenvalue weighted by Gasteiger charge is 2.22. The number of hydrogen-bond acceptors (Lipinski definition) is 4. The highest BCUT2D eigenvalue weighted by molar-refractivity contribution is 5.81. The molecular weight excluding hydrogens is 615 g/mol. The molecule has 0 rings (SSSR count). The molecule has 0 amide bonds. The largest absolute Gasteiger partial charge is 0.393 e. The third kappa shape index (κ3) is 35.8. The second kappa shape index (κ2) is 35.4. The molecular formula is C46H93NO3. The Morgan fingerprint density at radius 1 is 0.480 bits per heavy atom. The average molecular weight is 708 g/mol. The molecule has 0 aromatic heterocycles. The lowest BCUT2D eigenvalue weighted by Gasteiger charge is -2.29. The van der Waals surface area contributed by atoms with Crippen LogP contribution >= 0.6 is 0 Å². The van der Waals surface area contributed by atoms with Crippen LogP contribution in [0.3, 0.4) is 0 Å². The molecule has 0 heterocycles. The van der Waals surface area contributed by atoms with Gasteiger partial charge in [0, 0.05) is 7.11 Å². The number of ether oxygens (including phenoxy) is 2. The molecule has 4 nitrogen and oxygen atoms in total. The van der Waals surface area contributed by atoms with Crippen molar-refractivity contribution in [2.45, 2.75) is 278 Å². The molecule has 0 atom stereocenters. The molecule has 0 saturated heterocycles. The topological polar surface area (TPSA) is 40.0 Å². The molecule has 4 heteroatoms. The number of rotatable bonds is 40. The second-order valence-electron chi connectivity index (χ2n) is 17.1. The minimum Gasteiger partial charge on any atom is -0.393 e. The molecule has 0 radical (unpaired) electrons. The summed E-state index contributed by atoms with van der Waals surface area (Å²) < 4.78 is 11.8. The Bertz CT molecular complexity index is 686. The van der Waals surface area contributed by atoms with Crippen molar-refractivity contribution in [3.63, 3.8) is 0 Å². The van der Waals surface area contributed by atoms with Gasteiger partial charge in [-0.3, -0.25) is 0 Å². The van der Waals surface area contributed by atoms with Gasteiger partial charge in [0.1, 0.15) is 6.10 Å². The summed E-state index contributed by atoms with van der Waals surface area (Å²) in [4.78, 5) is 6.27. The fourth-order valence-corrected chi connectivity index (χ4v) is 6.82. The van der Waals surface area contributed by atoms with Crippen LogP contribution in [0.1, 0.15) is 260 Å². The third-order valence-electron chi connectivity index (χ3n) is 11.0. The van der Waals surface area contributed by atoms with E-state index < -0.39 is 0 Å². The SMILES string of the molecule is CCCCCCCCCCCCCCCCC(CCCCCCCCCCCCCCCC)ON=C(C)CCC(C)(C)OCCC(C)(C)OC. The van der Waals surface area contributed by atoms with Gasteiger partial charge < -0.3 is 14.3 Å². The van der Waals surface area contributed by atoms with E-state index in [1.54, 1.807) is 7.11 Å². The monoisotopic (exact) mass is 708 g/mol. The van der Waals surface area contributed by atoms with Crippen molar-refractivity contribution in [1.29, 1.82) is 0 Å². The van der Waals surface area contributed by atoms with Gasteiger partial charge in [-0.05, 0) is 79.6 Å². The molecule has 0 saturated carbocycles. The Kier molecular flexibility index (Phi) is 35.0. The Hall–Kier alpha value is -0.610. The molecule has 0 unspecified atom stereocenters. The number of methoxy groups -OCH3 is 1. The summed E-state index contributed by atoms with van der Waals surface area (Å²) >= 11 is 0. The number of oxime groups is 1. The Labute approximate surface area is 315 Å². The van der Waals surface area contributed by atoms with E-state index in [4.69, 9.17) is 14.3 Å². The van der Waals surface area contributed by atoms with Crippen molar-refractivity contribution >= 4 is 5.71 Å². The summed E-state index contributed by atoms with van der Waals surface area (Å²) in [6.07, 6.45) is 44.7. The Morgan fingerprint density at radius 3 is 1.16 bits per heavy atom. The second-order valence-corrected chi connectivity index (χ2v) is 17.1. The van der Waals surface area contributed by atoms with Gasteiger partial charge in [-0.25, -0.2) is 0 Å². The minimum atomic E-state index is -0.178. The molecule has 300 valence electrons. The van der Waals surface area contributed by atoms with Gasteiger partial charge in [-0.15, -0.1) is 0 Å². The van der Waals surface area contributed by atoms with E-state index in [9.17, 15) is 0 Å².